The van der Waals surface area contributed by atoms with Gasteiger partial charge in [0.05, 0.1) is 5.54 Å². The maximum absolute atomic E-state index is 13.5. The molecule has 0 radical (unpaired) electrons. The van der Waals surface area contributed by atoms with Gasteiger partial charge in [-0.1, -0.05) is 12.8 Å². The Hall–Kier alpha value is -0.910. The highest BCUT2D eigenvalue weighted by Gasteiger charge is 2.78. The largest absolute Gasteiger partial charge is 0.444 e. The number of carbonyl (C=O) groups excluding carboxylic acids is 1. The molecule has 3 N–H and O–H groups in total. The molecular formula is C13H22F2N2O2. The van der Waals surface area contributed by atoms with E-state index in [1.54, 1.807) is 20.8 Å². The van der Waals surface area contributed by atoms with Gasteiger partial charge in [0.2, 0.25) is 0 Å². The minimum atomic E-state index is -2.90. The molecule has 0 aromatic carbocycles. The summed E-state index contributed by atoms with van der Waals surface area (Å²) in [5, 5.41) is 2.64. The van der Waals surface area contributed by atoms with Gasteiger partial charge in [-0.3, -0.25) is 0 Å². The van der Waals surface area contributed by atoms with Crippen molar-refractivity contribution in [1.82, 2.24) is 5.32 Å². The molecular weight excluding hydrogens is 254 g/mol. The number of carbonyl (C=O) groups is 1. The third-order valence-electron chi connectivity index (χ3n) is 4.08. The van der Waals surface area contributed by atoms with Crippen LogP contribution in [0.1, 0.15) is 52.9 Å². The Morgan fingerprint density at radius 1 is 1.26 bits per heavy atom. The van der Waals surface area contributed by atoms with Gasteiger partial charge in [0.1, 0.15) is 11.1 Å². The van der Waals surface area contributed by atoms with Crippen LogP contribution in [0.15, 0.2) is 0 Å². The van der Waals surface area contributed by atoms with E-state index < -0.39 is 28.7 Å². The molecule has 0 saturated heterocycles. The molecule has 2 aliphatic carbocycles. The highest BCUT2D eigenvalue weighted by atomic mass is 19.3. The molecule has 0 aromatic rings. The molecule has 2 aliphatic rings. The highest BCUT2D eigenvalue weighted by molar-refractivity contribution is 5.69. The average molecular weight is 276 g/mol. The van der Waals surface area contributed by atoms with Crippen molar-refractivity contribution in [2.45, 2.75) is 75.5 Å². The molecule has 6 heteroatoms. The third-order valence-corrected chi connectivity index (χ3v) is 4.08. The highest BCUT2D eigenvalue weighted by Crippen LogP contribution is 2.60. The van der Waals surface area contributed by atoms with Crippen LogP contribution < -0.4 is 11.1 Å². The predicted octanol–water partition coefficient (Wildman–Crippen LogP) is 2.56. The minimum Gasteiger partial charge on any atom is -0.444 e. The lowest BCUT2D eigenvalue weighted by Crippen LogP contribution is -2.63. The van der Waals surface area contributed by atoms with Crippen molar-refractivity contribution in [3.63, 3.8) is 0 Å². The maximum Gasteiger partial charge on any atom is 0.408 e. The molecule has 0 aromatic heterocycles. The standard InChI is InChI=1S/C13H22F2N2O2/c1-10(2,3)19-9(18)17-11(6-4-5-7-11)12(16)8-13(12,14)15/h4-8,16H2,1-3H3,(H,17,18). The Morgan fingerprint density at radius 3 is 2.11 bits per heavy atom. The van der Waals surface area contributed by atoms with E-state index in [1.165, 1.54) is 0 Å². The number of hydrogen-bond acceptors (Lipinski definition) is 3. The second-order valence-electron chi connectivity index (χ2n) is 6.77. The third kappa shape index (κ3) is 2.42. The van der Waals surface area contributed by atoms with Crippen molar-refractivity contribution in [2.75, 3.05) is 0 Å². The van der Waals surface area contributed by atoms with E-state index in [9.17, 15) is 13.6 Å². The van der Waals surface area contributed by atoms with Gasteiger partial charge in [-0.25, -0.2) is 13.6 Å². The zero-order valence-electron chi connectivity index (χ0n) is 11.7. The number of nitrogens with two attached hydrogens (primary N) is 1. The minimum absolute atomic E-state index is 0.365. The summed E-state index contributed by atoms with van der Waals surface area (Å²) in [7, 11) is 0. The molecule has 0 heterocycles. The van der Waals surface area contributed by atoms with Crippen molar-refractivity contribution < 1.29 is 18.3 Å². The molecule has 1 atom stereocenters. The van der Waals surface area contributed by atoms with Gasteiger partial charge in [-0.2, -0.15) is 0 Å². The second-order valence-corrected chi connectivity index (χ2v) is 6.77. The fourth-order valence-electron chi connectivity index (χ4n) is 2.99. The van der Waals surface area contributed by atoms with E-state index >= 15 is 0 Å². The van der Waals surface area contributed by atoms with Crippen molar-refractivity contribution in [2.24, 2.45) is 5.73 Å². The first-order chi connectivity index (χ1) is 8.52. The summed E-state index contributed by atoms with van der Waals surface area (Å²) in [5.74, 6) is -2.90. The molecule has 4 nitrogen and oxygen atoms in total. The Morgan fingerprint density at radius 2 is 1.74 bits per heavy atom. The lowest BCUT2D eigenvalue weighted by atomic mass is 9.85. The number of hydrogen-bond donors (Lipinski definition) is 2. The van der Waals surface area contributed by atoms with E-state index in [0.717, 1.165) is 12.8 Å². The van der Waals surface area contributed by atoms with Crippen molar-refractivity contribution >= 4 is 6.09 Å². The topological polar surface area (TPSA) is 64.3 Å². The van der Waals surface area contributed by atoms with Crippen LogP contribution in [0, 0.1) is 0 Å². The summed E-state index contributed by atoms with van der Waals surface area (Å²) in [4.78, 5) is 11.9. The molecule has 0 aliphatic heterocycles. The quantitative estimate of drug-likeness (QED) is 0.814. The van der Waals surface area contributed by atoms with Crippen molar-refractivity contribution in [3.05, 3.63) is 0 Å². The van der Waals surface area contributed by atoms with Crippen LogP contribution in [0.25, 0.3) is 0 Å². The fourth-order valence-corrected chi connectivity index (χ4v) is 2.99. The van der Waals surface area contributed by atoms with E-state index in [-0.39, 0.29) is 6.42 Å². The van der Waals surface area contributed by atoms with Crippen molar-refractivity contribution in [1.29, 1.82) is 0 Å². The van der Waals surface area contributed by atoms with E-state index in [2.05, 4.69) is 5.32 Å². The Balaban J connectivity index is 2.12. The normalized spacial score (nSPS) is 31.9. The van der Waals surface area contributed by atoms with Gasteiger partial charge in [0.15, 0.2) is 0 Å². The lowest BCUT2D eigenvalue weighted by molar-refractivity contribution is 0.0290. The van der Waals surface area contributed by atoms with E-state index in [4.69, 9.17) is 10.5 Å². The van der Waals surface area contributed by atoms with Crippen LogP contribution in [0.2, 0.25) is 0 Å². The zero-order chi connectivity index (χ0) is 14.5. The summed E-state index contributed by atoms with van der Waals surface area (Å²) in [6.45, 7) is 5.20. The van der Waals surface area contributed by atoms with Gasteiger partial charge in [0.25, 0.3) is 5.92 Å². The summed E-state index contributed by atoms with van der Waals surface area (Å²) < 4.78 is 32.3. The molecule has 0 spiro atoms. The molecule has 1 unspecified atom stereocenters. The number of ether oxygens (including phenoxy) is 1. The van der Waals surface area contributed by atoms with E-state index in [0.29, 0.717) is 12.8 Å². The molecule has 2 saturated carbocycles. The summed E-state index contributed by atoms with van der Waals surface area (Å²) in [6.07, 6.45) is 1.53. The van der Waals surface area contributed by atoms with Gasteiger partial charge in [-0.05, 0) is 33.6 Å². The summed E-state index contributed by atoms with van der Waals surface area (Å²) in [6, 6.07) is 0. The molecule has 0 bridgehead atoms. The SMILES string of the molecule is CC(C)(C)OC(=O)NC1(C2(N)CC2(F)F)CCCC1. The van der Waals surface area contributed by atoms with Crippen LogP contribution in [0.4, 0.5) is 13.6 Å². The monoisotopic (exact) mass is 276 g/mol. The van der Waals surface area contributed by atoms with Gasteiger partial charge in [-0.15, -0.1) is 0 Å². The molecule has 110 valence electrons. The van der Waals surface area contributed by atoms with Crippen LogP contribution in [-0.4, -0.2) is 28.7 Å². The number of amides is 1. The van der Waals surface area contributed by atoms with Gasteiger partial charge in [0, 0.05) is 6.42 Å². The van der Waals surface area contributed by atoms with E-state index in [1.807, 2.05) is 0 Å². The first-order valence-corrected chi connectivity index (χ1v) is 6.69. The van der Waals surface area contributed by atoms with Gasteiger partial charge >= 0.3 is 6.09 Å². The van der Waals surface area contributed by atoms with Crippen LogP contribution in [0.3, 0.4) is 0 Å². The Labute approximate surface area is 112 Å². The first kappa shape index (κ1) is 14.5. The number of alkyl halides is 2. The zero-order valence-corrected chi connectivity index (χ0v) is 11.7. The van der Waals surface area contributed by atoms with Crippen LogP contribution in [-0.2, 0) is 4.74 Å². The summed E-state index contributed by atoms with van der Waals surface area (Å²) in [5.41, 5.74) is 2.55. The number of alkyl carbamates (subject to hydrolysis) is 1. The Bertz CT molecular complexity index is 387. The number of halogens is 2. The maximum atomic E-state index is 13.5. The first-order valence-electron chi connectivity index (χ1n) is 6.69. The number of rotatable bonds is 2. The average Bonchev–Trinajstić information content (AvgIpc) is 2.60. The molecule has 2 fully saturated rings. The van der Waals surface area contributed by atoms with Gasteiger partial charge < -0.3 is 15.8 Å². The lowest BCUT2D eigenvalue weighted by Gasteiger charge is -2.37. The fraction of sp³-hybridized carbons (Fsp3) is 0.923. The van der Waals surface area contributed by atoms with Crippen LogP contribution in [0.5, 0.6) is 0 Å². The van der Waals surface area contributed by atoms with Crippen molar-refractivity contribution in [3.8, 4) is 0 Å². The number of nitrogens with one attached hydrogen (secondary N) is 1. The van der Waals surface area contributed by atoms with Crippen LogP contribution >= 0.6 is 0 Å². The molecule has 2 rings (SSSR count). The second kappa shape index (κ2) is 4.04. The Kier molecular flexibility index (Phi) is 3.08. The predicted molar refractivity (Wildman–Crippen MR) is 67.1 cm³/mol. The molecule has 19 heavy (non-hydrogen) atoms. The summed E-state index contributed by atoms with van der Waals surface area (Å²) >= 11 is 0. The smallest absolute Gasteiger partial charge is 0.408 e. The molecule has 1 amide bonds.